The number of ether oxygens (including phenoxy) is 3. The fraction of sp³-hybridized carbons (Fsp3) is 0.723. The first-order valence-electron chi connectivity index (χ1n) is 21.8. The highest BCUT2D eigenvalue weighted by atomic mass is 16.6. The molecule has 2 rings (SSSR count). The number of hydrogen-bond donors (Lipinski definition) is 0. The summed E-state index contributed by atoms with van der Waals surface area (Å²) in [6.45, 7) is 9.61. The van der Waals surface area contributed by atoms with Crippen molar-refractivity contribution in [3.63, 3.8) is 0 Å². The number of carbonyl (C=O) groups is 1. The van der Waals surface area contributed by atoms with Gasteiger partial charge in [-0.2, -0.15) is 0 Å². The zero-order chi connectivity index (χ0) is 36.6. The smallest absolute Gasteiger partial charge is 0.343 e. The lowest BCUT2D eigenvalue weighted by Gasteiger charge is -2.20. The van der Waals surface area contributed by atoms with E-state index in [9.17, 15) is 4.79 Å². The minimum atomic E-state index is -0.368. The molecule has 4 nitrogen and oxygen atoms in total. The molecule has 0 bridgehead atoms. The average molecular weight is 707 g/mol. The van der Waals surface area contributed by atoms with Gasteiger partial charge in [0.05, 0.1) is 17.8 Å². The van der Waals surface area contributed by atoms with Gasteiger partial charge in [-0.15, -0.1) is 0 Å². The van der Waals surface area contributed by atoms with Gasteiger partial charge in [-0.1, -0.05) is 193 Å². The molecule has 2 unspecified atom stereocenters. The molecular weight excluding hydrogens is 629 g/mol. The van der Waals surface area contributed by atoms with E-state index in [0.717, 1.165) is 37.9 Å². The van der Waals surface area contributed by atoms with Crippen LogP contribution in [0.2, 0.25) is 0 Å². The Balaban J connectivity index is 1.58. The van der Waals surface area contributed by atoms with Gasteiger partial charge in [-0.05, 0) is 62.4 Å². The molecule has 0 N–H and O–H groups in total. The lowest BCUT2D eigenvalue weighted by atomic mass is 10.0. The maximum atomic E-state index is 13.1. The second kappa shape index (κ2) is 31.2. The van der Waals surface area contributed by atoms with Crippen LogP contribution in [0.1, 0.15) is 223 Å². The van der Waals surface area contributed by atoms with E-state index < -0.39 is 0 Å². The van der Waals surface area contributed by atoms with E-state index in [2.05, 4.69) is 27.7 Å². The van der Waals surface area contributed by atoms with E-state index in [1.54, 1.807) is 0 Å². The molecule has 4 heteroatoms. The van der Waals surface area contributed by atoms with Crippen LogP contribution in [-0.4, -0.2) is 18.7 Å². The highest BCUT2D eigenvalue weighted by molar-refractivity contribution is 5.91. The van der Waals surface area contributed by atoms with Crippen LogP contribution in [0.5, 0.6) is 11.5 Å². The molecule has 51 heavy (non-hydrogen) atoms. The van der Waals surface area contributed by atoms with Gasteiger partial charge in [0.2, 0.25) is 0 Å². The summed E-state index contributed by atoms with van der Waals surface area (Å²) in [6, 6.07) is 15.2. The van der Waals surface area contributed by atoms with Crippen LogP contribution in [0.25, 0.3) is 0 Å². The Labute approximate surface area is 315 Å². The predicted molar refractivity (Wildman–Crippen MR) is 218 cm³/mol. The molecule has 0 radical (unpaired) electrons. The van der Waals surface area contributed by atoms with Crippen molar-refractivity contribution in [2.24, 2.45) is 0 Å². The number of hydrogen-bond acceptors (Lipinski definition) is 4. The van der Waals surface area contributed by atoms with Crippen molar-refractivity contribution in [2.45, 2.75) is 213 Å². The van der Waals surface area contributed by atoms with Crippen molar-refractivity contribution >= 4 is 5.97 Å². The first-order valence-corrected chi connectivity index (χ1v) is 21.8. The number of esters is 1. The Hall–Kier alpha value is -2.33. The molecule has 0 amide bonds. The van der Waals surface area contributed by atoms with Crippen LogP contribution in [0.15, 0.2) is 48.5 Å². The van der Waals surface area contributed by atoms with Gasteiger partial charge >= 0.3 is 5.97 Å². The van der Waals surface area contributed by atoms with Crippen LogP contribution in [0.3, 0.4) is 0 Å². The summed E-state index contributed by atoms with van der Waals surface area (Å²) in [7, 11) is 0. The number of unbranched alkanes of at least 4 members (excludes halogenated alkanes) is 22. The molecule has 0 fully saturated rings. The second-order valence-electron chi connectivity index (χ2n) is 15.1. The van der Waals surface area contributed by atoms with Gasteiger partial charge in [0.15, 0.2) is 11.5 Å². The summed E-state index contributed by atoms with van der Waals surface area (Å²) in [6.07, 6.45) is 35.8. The van der Waals surface area contributed by atoms with Gasteiger partial charge in [0, 0.05) is 6.61 Å². The molecule has 0 aliphatic heterocycles. The van der Waals surface area contributed by atoms with Gasteiger partial charge in [0.1, 0.15) is 0 Å². The van der Waals surface area contributed by atoms with E-state index in [0.29, 0.717) is 17.1 Å². The quantitative estimate of drug-likeness (QED) is 0.0413. The van der Waals surface area contributed by atoms with Crippen molar-refractivity contribution in [1.29, 1.82) is 0 Å². The van der Waals surface area contributed by atoms with Gasteiger partial charge in [-0.25, -0.2) is 4.79 Å². The Bertz CT molecular complexity index is 1080. The average Bonchev–Trinajstić information content (AvgIpc) is 3.14. The molecular formula is C47H78O4. The van der Waals surface area contributed by atoms with Crippen LogP contribution in [-0.2, 0) is 4.74 Å². The number of rotatable bonds is 34. The van der Waals surface area contributed by atoms with Crippen LogP contribution < -0.4 is 9.47 Å². The zero-order valence-corrected chi connectivity index (χ0v) is 33.7. The first kappa shape index (κ1) is 44.8. The van der Waals surface area contributed by atoms with Crippen LogP contribution >= 0.6 is 0 Å². The maximum absolute atomic E-state index is 13.1. The summed E-state index contributed by atoms with van der Waals surface area (Å²) in [5, 5.41) is 0. The minimum Gasteiger partial charge on any atom is -0.487 e. The molecule has 0 heterocycles. The first-order chi connectivity index (χ1) is 25.1. The third-order valence-corrected chi connectivity index (χ3v) is 10.3. The van der Waals surface area contributed by atoms with E-state index in [1.807, 2.05) is 48.5 Å². The largest absolute Gasteiger partial charge is 0.487 e. The maximum Gasteiger partial charge on any atom is 0.343 e. The third kappa shape index (κ3) is 22.4. The van der Waals surface area contributed by atoms with Gasteiger partial charge in [-0.3, -0.25) is 0 Å². The highest BCUT2D eigenvalue weighted by Crippen LogP contribution is 2.30. The summed E-state index contributed by atoms with van der Waals surface area (Å²) in [4.78, 5) is 13.1. The summed E-state index contributed by atoms with van der Waals surface area (Å²) >= 11 is 0. The Morgan fingerprint density at radius 2 is 0.961 bits per heavy atom. The Kier molecular flexibility index (Phi) is 27.4. The molecule has 290 valence electrons. The number of para-hydroxylation sites is 2. The van der Waals surface area contributed by atoms with E-state index >= 15 is 0 Å². The standard InChI is InChI=1S/C47H78O4/c1-5-8-10-12-14-15-16-17-18-19-20-21-22-23-24-25-27-31-40-49-41(4)42-36-38-43(39-37-42)47(48)51-46-35-30-29-34-45(46)50-44(32-7-3)33-28-26-13-11-9-6-2/h29-30,34-39,41,44H,5-28,31-33,40H2,1-4H3. The van der Waals surface area contributed by atoms with Crippen molar-refractivity contribution in [2.75, 3.05) is 6.61 Å². The normalized spacial score (nSPS) is 12.5. The molecule has 0 saturated heterocycles. The van der Waals surface area contributed by atoms with Gasteiger partial charge in [0.25, 0.3) is 0 Å². The summed E-state index contributed by atoms with van der Waals surface area (Å²) in [5.41, 5.74) is 1.61. The molecule has 2 aromatic carbocycles. The monoisotopic (exact) mass is 707 g/mol. The molecule has 0 aromatic heterocycles. The topological polar surface area (TPSA) is 44.8 Å². The van der Waals surface area contributed by atoms with Crippen LogP contribution in [0, 0.1) is 0 Å². The fourth-order valence-corrected chi connectivity index (χ4v) is 6.96. The summed E-state index contributed by atoms with van der Waals surface area (Å²) in [5.74, 6) is 0.762. The highest BCUT2D eigenvalue weighted by Gasteiger charge is 2.17. The van der Waals surface area contributed by atoms with Crippen molar-refractivity contribution in [3.8, 4) is 11.5 Å². The molecule has 2 aromatic rings. The fourth-order valence-electron chi connectivity index (χ4n) is 6.96. The van der Waals surface area contributed by atoms with Crippen molar-refractivity contribution in [1.82, 2.24) is 0 Å². The van der Waals surface area contributed by atoms with Crippen molar-refractivity contribution in [3.05, 3.63) is 59.7 Å². The molecule has 0 aliphatic rings. The summed E-state index contributed by atoms with van der Waals surface area (Å²) < 4.78 is 18.4. The number of carbonyl (C=O) groups excluding carboxylic acids is 1. The predicted octanol–water partition coefficient (Wildman–Crippen LogP) is 15.3. The zero-order valence-electron chi connectivity index (χ0n) is 33.7. The lowest BCUT2D eigenvalue weighted by Crippen LogP contribution is -2.17. The molecule has 2 atom stereocenters. The Morgan fingerprint density at radius 1 is 0.510 bits per heavy atom. The van der Waals surface area contributed by atoms with E-state index in [4.69, 9.17) is 14.2 Å². The number of benzene rings is 2. The SMILES string of the molecule is CCCCCCCCCCCCCCCCCCCCOC(C)c1ccc(C(=O)Oc2ccccc2OC(CCC)CCCCCCCC)cc1. The second-order valence-corrected chi connectivity index (χ2v) is 15.1. The lowest BCUT2D eigenvalue weighted by molar-refractivity contribution is 0.0625. The molecule has 0 aliphatic carbocycles. The Morgan fingerprint density at radius 3 is 1.45 bits per heavy atom. The molecule has 0 spiro atoms. The third-order valence-electron chi connectivity index (χ3n) is 10.3. The van der Waals surface area contributed by atoms with Crippen molar-refractivity contribution < 1.29 is 19.0 Å². The minimum absolute atomic E-state index is 0.00265. The van der Waals surface area contributed by atoms with Crippen LogP contribution in [0.4, 0.5) is 0 Å². The van der Waals surface area contributed by atoms with Gasteiger partial charge < -0.3 is 14.2 Å². The van der Waals surface area contributed by atoms with E-state index in [-0.39, 0.29) is 18.2 Å². The van der Waals surface area contributed by atoms with E-state index in [1.165, 1.54) is 148 Å². The molecule has 0 saturated carbocycles.